The van der Waals surface area contributed by atoms with Crippen LogP contribution < -0.4 is 4.74 Å². The van der Waals surface area contributed by atoms with Gasteiger partial charge in [-0.15, -0.1) is 0 Å². The number of carbonyl (C=O) groups is 1. The lowest BCUT2D eigenvalue weighted by Crippen LogP contribution is -1.97. The average molecular weight is 208 g/mol. The van der Waals surface area contributed by atoms with Gasteiger partial charge in [-0.05, 0) is 23.8 Å². The maximum Gasteiger partial charge on any atom is 0.335 e. The van der Waals surface area contributed by atoms with E-state index in [0.29, 0.717) is 11.3 Å². The van der Waals surface area contributed by atoms with Crippen LogP contribution in [0.2, 0.25) is 0 Å². The van der Waals surface area contributed by atoms with E-state index in [0.717, 1.165) is 0 Å². The Morgan fingerprint density at radius 1 is 1.47 bits per heavy atom. The quantitative estimate of drug-likeness (QED) is 0.784. The van der Waals surface area contributed by atoms with Gasteiger partial charge in [0.05, 0.1) is 19.3 Å². The molecule has 1 aromatic carbocycles. The number of aromatic carboxylic acids is 1. The van der Waals surface area contributed by atoms with Crippen molar-refractivity contribution in [1.82, 2.24) is 0 Å². The third kappa shape index (κ3) is 3.11. The molecule has 0 radical (unpaired) electrons. The van der Waals surface area contributed by atoms with Crippen molar-refractivity contribution in [3.8, 4) is 5.75 Å². The van der Waals surface area contributed by atoms with Crippen molar-refractivity contribution in [2.24, 2.45) is 0 Å². The Morgan fingerprint density at radius 3 is 2.73 bits per heavy atom. The van der Waals surface area contributed by atoms with Gasteiger partial charge in [0, 0.05) is 0 Å². The fourth-order valence-corrected chi connectivity index (χ4v) is 1.15. The molecule has 0 saturated heterocycles. The summed E-state index contributed by atoms with van der Waals surface area (Å²) in [6.45, 7) is -0.0837. The fraction of sp³-hybridized carbons (Fsp3) is 0.182. The first-order valence-corrected chi connectivity index (χ1v) is 4.37. The SMILES string of the molecule is COc1cc(C=CCO)cc(C(=O)O)c1. The van der Waals surface area contributed by atoms with Crippen LogP contribution in [-0.4, -0.2) is 29.9 Å². The fourth-order valence-electron chi connectivity index (χ4n) is 1.15. The van der Waals surface area contributed by atoms with Gasteiger partial charge in [0.1, 0.15) is 5.75 Å². The molecule has 2 N–H and O–H groups in total. The predicted molar refractivity (Wildman–Crippen MR) is 56.1 cm³/mol. The molecular weight excluding hydrogens is 196 g/mol. The molecule has 0 unspecified atom stereocenters. The number of ether oxygens (including phenoxy) is 1. The second-order valence-corrected chi connectivity index (χ2v) is 2.88. The van der Waals surface area contributed by atoms with Crippen molar-refractivity contribution in [2.75, 3.05) is 13.7 Å². The molecule has 0 aromatic heterocycles. The molecule has 0 spiro atoms. The molecule has 0 aliphatic heterocycles. The Bertz CT molecular complexity index is 382. The van der Waals surface area contributed by atoms with Crippen LogP contribution in [0, 0.1) is 0 Å². The Labute approximate surface area is 87.4 Å². The topological polar surface area (TPSA) is 66.8 Å². The van der Waals surface area contributed by atoms with Gasteiger partial charge in [-0.3, -0.25) is 0 Å². The van der Waals surface area contributed by atoms with E-state index in [1.54, 1.807) is 12.1 Å². The van der Waals surface area contributed by atoms with Crippen LogP contribution in [-0.2, 0) is 0 Å². The summed E-state index contributed by atoms with van der Waals surface area (Å²) in [7, 11) is 1.47. The third-order valence-corrected chi connectivity index (χ3v) is 1.83. The summed E-state index contributed by atoms with van der Waals surface area (Å²) in [5, 5.41) is 17.4. The monoisotopic (exact) mass is 208 g/mol. The lowest BCUT2D eigenvalue weighted by Gasteiger charge is -2.03. The smallest absolute Gasteiger partial charge is 0.335 e. The lowest BCUT2D eigenvalue weighted by molar-refractivity contribution is 0.0696. The van der Waals surface area contributed by atoms with Gasteiger partial charge in [0.2, 0.25) is 0 Å². The van der Waals surface area contributed by atoms with E-state index in [2.05, 4.69) is 0 Å². The minimum atomic E-state index is -1.01. The zero-order valence-corrected chi connectivity index (χ0v) is 8.30. The van der Waals surface area contributed by atoms with Crippen LogP contribution >= 0.6 is 0 Å². The summed E-state index contributed by atoms with van der Waals surface area (Å²) < 4.78 is 4.97. The highest BCUT2D eigenvalue weighted by Crippen LogP contribution is 2.18. The summed E-state index contributed by atoms with van der Waals surface area (Å²) in [5.41, 5.74) is 0.840. The molecule has 0 aliphatic carbocycles. The largest absolute Gasteiger partial charge is 0.497 e. The number of carboxylic acids is 1. The van der Waals surface area contributed by atoms with E-state index in [1.807, 2.05) is 0 Å². The Hall–Kier alpha value is -1.81. The number of aliphatic hydroxyl groups excluding tert-OH is 1. The first-order valence-electron chi connectivity index (χ1n) is 4.37. The summed E-state index contributed by atoms with van der Waals surface area (Å²) in [5.74, 6) is -0.528. The molecule has 0 heterocycles. The Balaban J connectivity index is 3.11. The van der Waals surface area contributed by atoms with Gasteiger partial charge in [0.25, 0.3) is 0 Å². The molecule has 4 heteroatoms. The first kappa shape index (κ1) is 11.3. The van der Waals surface area contributed by atoms with Gasteiger partial charge >= 0.3 is 5.97 Å². The van der Waals surface area contributed by atoms with Gasteiger partial charge < -0.3 is 14.9 Å². The molecule has 0 amide bonds. The van der Waals surface area contributed by atoms with Crippen molar-refractivity contribution >= 4 is 12.0 Å². The number of hydrogen-bond acceptors (Lipinski definition) is 3. The highest BCUT2D eigenvalue weighted by atomic mass is 16.5. The van der Waals surface area contributed by atoms with E-state index in [1.165, 1.54) is 25.3 Å². The molecule has 1 rings (SSSR count). The predicted octanol–water partition coefficient (Wildman–Crippen LogP) is 1.40. The highest BCUT2D eigenvalue weighted by molar-refractivity contribution is 5.89. The molecule has 1 aromatic rings. The van der Waals surface area contributed by atoms with Gasteiger partial charge in [-0.1, -0.05) is 12.2 Å². The van der Waals surface area contributed by atoms with Crippen molar-refractivity contribution < 1.29 is 19.7 Å². The highest BCUT2D eigenvalue weighted by Gasteiger charge is 2.05. The van der Waals surface area contributed by atoms with Crippen molar-refractivity contribution in [1.29, 1.82) is 0 Å². The molecule has 0 atom stereocenters. The number of benzene rings is 1. The van der Waals surface area contributed by atoms with Crippen LogP contribution in [0.3, 0.4) is 0 Å². The van der Waals surface area contributed by atoms with Crippen LogP contribution in [0.5, 0.6) is 5.75 Å². The molecule has 0 bridgehead atoms. The van der Waals surface area contributed by atoms with Gasteiger partial charge in [-0.2, -0.15) is 0 Å². The molecule has 15 heavy (non-hydrogen) atoms. The molecular formula is C11H12O4. The number of aliphatic hydroxyl groups is 1. The van der Waals surface area contributed by atoms with Crippen molar-refractivity contribution in [3.05, 3.63) is 35.4 Å². The second kappa shape index (κ2) is 5.17. The van der Waals surface area contributed by atoms with E-state index >= 15 is 0 Å². The molecule has 0 saturated carbocycles. The minimum Gasteiger partial charge on any atom is -0.497 e. The maximum absolute atomic E-state index is 10.8. The van der Waals surface area contributed by atoms with Crippen LogP contribution in [0.25, 0.3) is 6.08 Å². The standard InChI is InChI=1S/C11H12O4/c1-15-10-6-8(3-2-4-12)5-9(7-10)11(13)14/h2-3,5-7,12H,4H2,1H3,(H,13,14). The first-order chi connectivity index (χ1) is 7.17. The Morgan fingerprint density at radius 2 is 2.20 bits per heavy atom. The van der Waals surface area contributed by atoms with Gasteiger partial charge in [0.15, 0.2) is 0 Å². The van der Waals surface area contributed by atoms with E-state index < -0.39 is 5.97 Å². The lowest BCUT2D eigenvalue weighted by atomic mass is 10.1. The number of rotatable bonds is 4. The summed E-state index contributed by atoms with van der Waals surface area (Å²) in [6.07, 6.45) is 3.16. The van der Waals surface area contributed by atoms with Gasteiger partial charge in [-0.25, -0.2) is 4.79 Å². The van der Waals surface area contributed by atoms with E-state index in [9.17, 15) is 4.79 Å². The summed E-state index contributed by atoms with van der Waals surface area (Å²) in [4.78, 5) is 10.8. The number of methoxy groups -OCH3 is 1. The summed E-state index contributed by atoms with van der Waals surface area (Å²) in [6, 6.07) is 4.65. The number of carboxylic acid groups (broad SMARTS) is 1. The average Bonchev–Trinajstić information content (AvgIpc) is 2.25. The van der Waals surface area contributed by atoms with E-state index in [4.69, 9.17) is 14.9 Å². The zero-order valence-electron chi connectivity index (χ0n) is 8.30. The summed E-state index contributed by atoms with van der Waals surface area (Å²) >= 11 is 0. The van der Waals surface area contributed by atoms with E-state index in [-0.39, 0.29) is 12.2 Å². The third-order valence-electron chi connectivity index (χ3n) is 1.83. The molecule has 80 valence electrons. The molecule has 4 nitrogen and oxygen atoms in total. The normalized spacial score (nSPS) is 10.5. The second-order valence-electron chi connectivity index (χ2n) is 2.88. The molecule has 0 aliphatic rings. The van der Waals surface area contributed by atoms with Crippen molar-refractivity contribution in [2.45, 2.75) is 0 Å². The maximum atomic E-state index is 10.8. The minimum absolute atomic E-state index is 0.0837. The van der Waals surface area contributed by atoms with Crippen molar-refractivity contribution in [3.63, 3.8) is 0 Å². The Kier molecular flexibility index (Phi) is 3.88. The number of hydrogen-bond donors (Lipinski definition) is 2. The zero-order chi connectivity index (χ0) is 11.3. The molecule has 0 fully saturated rings. The van der Waals surface area contributed by atoms with Crippen LogP contribution in [0.4, 0.5) is 0 Å². The van der Waals surface area contributed by atoms with Crippen LogP contribution in [0.1, 0.15) is 15.9 Å². The van der Waals surface area contributed by atoms with Crippen LogP contribution in [0.15, 0.2) is 24.3 Å².